The summed E-state index contributed by atoms with van der Waals surface area (Å²) in [5.41, 5.74) is 5.25. The van der Waals surface area contributed by atoms with Gasteiger partial charge in [-0.25, -0.2) is 9.78 Å². The first kappa shape index (κ1) is 24.2. The smallest absolute Gasteiger partial charge is 0.352 e. The lowest BCUT2D eigenvalue weighted by atomic mass is 10.0. The Morgan fingerprint density at radius 3 is 2.67 bits per heavy atom. The van der Waals surface area contributed by atoms with Crippen molar-refractivity contribution in [3.63, 3.8) is 0 Å². The van der Waals surface area contributed by atoms with Gasteiger partial charge in [-0.15, -0.1) is 23.1 Å². The first-order chi connectivity index (χ1) is 15.6. The Morgan fingerprint density at radius 2 is 2.09 bits per heavy atom. The van der Waals surface area contributed by atoms with Gasteiger partial charge in [-0.1, -0.05) is 5.16 Å². The number of aliphatic carboxylic acids is 1. The minimum absolute atomic E-state index is 0.151. The number of oxime groups is 1. The molecule has 2 aliphatic heterocycles. The fraction of sp³-hybridized carbons (Fsp3) is 0.389. The SMILES string of the molecule is CON=C(C(=O)N[C@@H]1C(=O)N2C(C(=O)O)=CC(COC(=O)CC(C)=O)S[C@@H]12)c1csc(N)n1. The van der Waals surface area contributed by atoms with Crippen LogP contribution in [0.3, 0.4) is 0 Å². The van der Waals surface area contributed by atoms with Gasteiger partial charge in [0.2, 0.25) is 0 Å². The average molecular weight is 498 g/mol. The predicted molar refractivity (Wildman–Crippen MR) is 116 cm³/mol. The van der Waals surface area contributed by atoms with E-state index in [0.29, 0.717) is 0 Å². The molecule has 0 aliphatic carbocycles. The number of hydrogen-bond acceptors (Lipinski definition) is 12. The van der Waals surface area contributed by atoms with E-state index in [4.69, 9.17) is 15.3 Å². The van der Waals surface area contributed by atoms with Gasteiger partial charge in [-0.3, -0.25) is 24.1 Å². The van der Waals surface area contributed by atoms with E-state index >= 15 is 0 Å². The molecule has 0 bridgehead atoms. The van der Waals surface area contributed by atoms with E-state index in [-0.39, 0.29) is 34.6 Å². The Labute approximate surface area is 195 Å². The lowest BCUT2D eigenvalue weighted by Gasteiger charge is -2.49. The molecule has 0 radical (unpaired) electrons. The van der Waals surface area contributed by atoms with Crippen LogP contribution in [-0.2, 0) is 33.5 Å². The summed E-state index contributed by atoms with van der Waals surface area (Å²) in [6, 6.07) is -1.07. The summed E-state index contributed by atoms with van der Waals surface area (Å²) in [5.74, 6) is -3.86. The van der Waals surface area contributed by atoms with Gasteiger partial charge in [0, 0.05) is 5.38 Å². The zero-order valence-corrected chi connectivity index (χ0v) is 19.0. The zero-order chi connectivity index (χ0) is 24.3. The van der Waals surface area contributed by atoms with Crippen molar-refractivity contribution in [1.82, 2.24) is 15.2 Å². The summed E-state index contributed by atoms with van der Waals surface area (Å²) in [6.45, 7) is 1.03. The lowest BCUT2D eigenvalue weighted by molar-refractivity contribution is -0.150. The molecule has 0 spiro atoms. The van der Waals surface area contributed by atoms with Crippen molar-refractivity contribution in [2.75, 3.05) is 19.5 Å². The van der Waals surface area contributed by atoms with Crippen LogP contribution < -0.4 is 11.1 Å². The highest BCUT2D eigenvalue weighted by Gasteiger charge is 2.54. The van der Waals surface area contributed by atoms with E-state index < -0.39 is 46.8 Å². The third-order valence-corrected chi connectivity index (χ3v) is 6.49. The number of fused-ring (bicyclic) bond motifs is 1. The number of nitrogens with one attached hydrogen (secondary N) is 1. The number of carboxylic acid groups (broad SMARTS) is 1. The van der Waals surface area contributed by atoms with Crippen LogP contribution >= 0.6 is 23.1 Å². The molecule has 1 aromatic rings. The lowest BCUT2D eigenvalue weighted by Crippen LogP contribution is -2.71. The number of esters is 1. The number of ether oxygens (including phenoxy) is 1. The van der Waals surface area contributed by atoms with E-state index in [0.717, 1.165) is 28.0 Å². The molecule has 0 aromatic carbocycles. The number of thioether (sulfide) groups is 1. The van der Waals surface area contributed by atoms with Crippen LogP contribution in [0.4, 0.5) is 5.13 Å². The molecular weight excluding hydrogens is 478 g/mol. The van der Waals surface area contributed by atoms with Gasteiger partial charge >= 0.3 is 11.9 Å². The number of anilines is 1. The third kappa shape index (κ3) is 5.31. The van der Waals surface area contributed by atoms with E-state index in [1.807, 2.05) is 0 Å². The largest absolute Gasteiger partial charge is 0.477 e. The summed E-state index contributed by atoms with van der Waals surface area (Å²) < 4.78 is 5.04. The van der Waals surface area contributed by atoms with Gasteiger partial charge in [0.25, 0.3) is 11.8 Å². The summed E-state index contributed by atoms with van der Waals surface area (Å²) >= 11 is 2.21. The van der Waals surface area contributed by atoms with Crippen molar-refractivity contribution < 1.29 is 38.7 Å². The van der Waals surface area contributed by atoms with Crippen LogP contribution in [0.5, 0.6) is 0 Å². The molecule has 33 heavy (non-hydrogen) atoms. The molecule has 3 atom stereocenters. The number of amides is 2. The average Bonchev–Trinajstić information content (AvgIpc) is 3.18. The van der Waals surface area contributed by atoms with E-state index in [9.17, 15) is 29.1 Å². The molecule has 1 saturated heterocycles. The van der Waals surface area contributed by atoms with Gasteiger partial charge in [0.05, 0.1) is 5.25 Å². The minimum Gasteiger partial charge on any atom is -0.477 e. The zero-order valence-electron chi connectivity index (χ0n) is 17.3. The first-order valence-electron chi connectivity index (χ1n) is 9.34. The Balaban J connectivity index is 1.74. The van der Waals surface area contributed by atoms with Crippen LogP contribution in [0.1, 0.15) is 19.0 Å². The number of nitrogens with zero attached hydrogens (tertiary/aromatic N) is 3. The number of carboxylic acids is 1. The molecule has 1 unspecified atom stereocenters. The molecule has 15 heteroatoms. The van der Waals surface area contributed by atoms with E-state index in [2.05, 4.69) is 15.5 Å². The van der Waals surface area contributed by atoms with Crippen molar-refractivity contribution in [2.45, 2.75) is 30.0 Å². The summed E-state index contributed by atoms with van der Waals surface area (Å²) in [5, 5.41) is 16.0. The highest BCUT2D eigenvalue weighted by Crippen LogP contribution is 2.41. The van der Waals surface area contributed by atoms with Crippen molar-refractivity contribution in [1.29, 1.82) is 0 Å². The number of nitrogens with two attached hydrogens (primary N) is 1. The van der Waals surface area contributed by atoms with E-state index in [1.165, 1.54) is 25.5 Å². The predicted octanol–water partition coefficient (Wildman–Crippen LogP) is -0.665. The van der Waals surface area contributed by atoms with Gasteiger partial charge in [0.15, 0.2) is 10.8 Å². The number of nitrogen functional groups attached to an aromatic ring is 1. The quantitative estimate of drug-likeness (QED) is 0.129. The molecule has 4 N–H and O–H groups in total. The molecule has 13 nitrogen and oxygen atoms in total. The number of carbonyl (C=O) groups is 5. The standard InChI is InChI=1S/C18H19N5O8S2/c1-7(24)3-11(25)31-5-8-4-10(17(28)29)23-15(27)13(16(23)33-8)21-14(26)12(22-30-2)9-6-32-18(19)20-9/h4,6,8,13,16H,3,5H2,1-2H3,(H2,19,20)(H,21,26)(H,28,29)/t8?,13-,16+/m1/s1. The van der Waals surface area contributed by atoms with Gasteiger partial charge in [-0.05, 0) is 13.0 Å². The maximum atomic E-state index is 12.8. The highest BCUT2D eigenvalue weighted by atomic mass is 32.2. The monoisotopic (exact) mass is 497 g/mol. The molecule has 2 amide bonds. The molecule has 0 saturated carbocycles. The van der Waals surface area contributed by atoms with Crippen LogP contribution in [0.2, 0.25) is 0 Å². The number of hydrogen-bond donors (Lipinski definition) is 3. The minimum atomic E-state index is -1.35. The topological polar surface area (TPSA) is 191 Å². The first-order valence-corrected chi connectivity index (χ1v) is 11.2. The van der Waals surface area contributed by atoms with Crippen molar-refractivity contribution in [3.05, 3.63) is 22.8 Å². The van der Waals surface area contributed by atoms with Crippen molar-refractivity contribution in [3.8, 4) is 0 Å². The van der Waals surface area contributed by atoms with Gasteiger partial charge in [-0.2, -0.15) is 0 Å². The Bertz CT molecular complexity index is 1070. The maximum Gasteiger partial charge on any atom is 0.352 e. The fourth-order valence-electron chi connectivity index (χ4n) is 3.06. The number of Topliss-reactive ketones (excluding diaryl/α,β-unsaturated/α-hetero) is 1. The van der Waals surface area contributed by atoms with Gasteiger partial charge in [0.1, 0.15) is 48.7 Å². The fourth-order valence-corrected chi connectivity index (χ4v) is 5.00. The molecule has 1 fully saturated rings. The Kier molecular flexibility index (Phi) is 7.33. The van der Waals surface area contributed by atoms with Gasteiger partial charge < -0.3 is 25.7 Å². The molecule has 2 aliphatic rings. The van der Waals surface area contributed by atoms with Crippen molar-refractivity contribution in [2.24, 2.45) is 5.16 Å². The van der Waals surface area contributed by atoms with Crippen LogP contribution in [0.15, 0.2) is 22.3 Å². The normalized spacial score (nSPS) is 21.9. The highest BCUT2D eigenvalue weighted by molar-refractivity contribution is 8.00. The number of rotatable bonds is 9. The second-order valence-electron chi connectivity index (χ2n) is 6.84. The van der Waals surface area contributed by atoms with E-state index in [1.54, 1.807) is 0 Å². The molecular formula is C18H19N5O8S2. The third-order valence-electron chi connectivity index (χ3n) is 4.43. The Morgan fingerprint density at radius 1 is 1.36 bits per heavy atom. The number of carbonyl (C=O) groups excluding carboxylic acids is 4. The van der Waals surface area contributed by atoms with Crippen LogP contribution in [-0.4, -0.2) is 80.6 Å². The van der Waals surface area contributed by atoms with Crippen molar-refractivity contribution >= 4 is 63.5 Å². The number of ketones is 1. The second-order valence-corrected chi connectivity index (χ2v) is 9.09. The van der Waals surface area contributed by atoms with Crippen LogP contribution in [0.25, 0.3) is 0 Å². The summed E-state index contributed by atoms with van der Waals surface area (Å²) in [4.78, 5) is 69.5. The molecule has 176 valence electrons. The number of aromatic nitrogens is 1. The number of β-lactam (4-membered cyclic amide) rings is 1. The summed E-state index contributed by atoms with van der Waals surface area (Å²) in [7, 11) is 1.23. The molecule has 3 heterocycles. The van der Waals surface area contributed by atoms with Crippen LogP contribution in [0, 0.1) is 0 Å². The molecule has 3 rings (SSSR count). The Hall–Kier alpha value is -3.46. The second kappa shape index (κ2) is 9.99. The molecule has 1 aromatic heterocycles. The maximum absolute atomic E-state index is 12.8. The summed E-state index contributed by atoms with van der Waals surface area (Å²) in [6.07, 6.45) is 0.888. The number of thiazole rings is 1.